The molecular formula is C20H22N4O5S. The first-order valence-corrected chi connectivity index (χ1v) is 10.6. The maximum Gasteiger partial charge on any atom is 0.276 e. The highest BCUT2D eigenvalue weighted by Crippen LogP contribution is 2.20. The summed E-state index contributed by atoms with van der Waals surface area (Å²) in [5.74, 6) is -0.509. The third-order valence-electron chi connectivity index (χ3n) is 4.54. The Kier molecular flexibility index (Phi) is 6.01. The molecule has 0 unspecified atom stereocenters. The number of amides is 1. The van der Waals surface area contributed by atoms with Gasteiger partial charge in [0.05, 0.1) is 23.4 Å². The Hall–Kier alpha value is -3.08. The van der Waals surface area contributed by atoms with Gasteiger partial charge >= 0.3 is 0 Å². The molecule has 0 bridgehead atoms. The zero-order valence-electron chi connectivity index (χ0n) is 17.0. The van der Waals surface area contributed by atoms with Crippen molar-refractivity contribution in [2.45, 2.75) is 24.8 Å². The van der Waals surface area contributed by atoms with Gasteiger partial charge in [-0.05, 0) is 44.2 Å². The summed E-state index contributed by atoms with van der Waals surface area (Å²) in [6.45, 7) is 3.61. The topological polar surface area (TPSA) is 111 Å². The van der Waals surface area contributed by atoms with Gasteiger partial charge in [-0.2, -0.15) is 5.10 Å². The summed E-state index contributed by atoms with van der Waals surface area (Å²) >= 11 is 0. The Labute approximate surface area is 173 Å². The lowest BCUT2D eigenvalue weighted by Gasteiger charge is -2.15. The molecule has 1 heterocycles. The molecule has 1 N–H and O–H groups in total. The fourth-order valence-electron chi connectivity index (χ4n) is 2.87. The van der Waals surface area contributed by atoms with Crippen LogP contribution in [0.1, 0.15) is 30.4 Å². The van der Waals surface area contributed by atoms with E-state index in [-0.39, 0.29) is 22.2 Å². The lowest BCUT2D eigenvalue weighted by molar-refractivity contribution is -0.0258. The van der Waals surface area contributed by atoms with Crippen LogP contribution in [-0.2, 0) is 14.9 Å². The number of fused-ring (bicyclic) bond motifs is 1. The van der Waals surface area contributed by atoms with Crippen LogP contribution in [0, 0.1) is 0 Å². The highest BCUT2D eigenvalue weighted by atomic mass is 32.2. The SMILES string of the molecule is CON(C)S(=O)(=O)c1ccc(NC(=O)c2nn(C(C)C)c(=O)c3ccccc23)cc1. The fourth-order valence-corrected chi connectivity index (χ4v) is 3.84. The van der Waals surface area contributed by atoms with Crippen LogP contribution < -0.4 is 10.9 Å². The van der Waals surface area contributed by atoms with Crippen LogP contribution in [0.3, 0.4) is 0 Å². The van der Waals surface area contributed by atoms with Gasteiger partial charge in [0.2, 0.25) is 0 Å². The van der Waals surface area contributed by atoms with Gasteiger partial charge in [0.1, 0.15) is 0 Å². The van der Waals surface area contributed by atoms with Crippen LogP contribution in [-0.4, -0.2) is 42.7 Å². The Balaban J connectivity index is 1.96. The standard InChI is InChI=1S/C20H22N4O5S/c1-13(2)24-20(26)17-8-6-5-7-16(17)18(22-24)19(25)21-14-9-11-15(12-10-14)30(27,28)23(3)29-4/h5-13H,1-4H3,(H,21,25). The summed E-state index contributed by atoms with van der Waals surface area (Å²) in [6, 6.07) is 12.2. The van der Waals surface area contributed by atoms with Crippen molar-refractivity contribution in [3.63, 3.8) is 0 Å². The zero-order valence-corrected chi connectivity index (χ0v) is 17.8. The number of benzene rings is 2. The molecule has 1 amide bonds. The molecule has 0 fully saturated rings. The monoisotopic (exact) mass is 430 g/mol. The number of rotatable bonds is 6. The first kappa shape index (κ1) is 21.6. The number of sulfonamides is 1. The van der Waals surface area contributed by atoms with E-state index in [0.29, 0.717) is 16.5 Å². The van der Waals surface area contributed by atoms with E-state index in [2.05, 4.69) is 10.4 Å². The van der Waals surface area contributed by atoms with Crippen molar-refractivity contribution < 1.29 is 18.0 Å². The summed E-state index contributed by atoms with van der Waals surface area (Å²) in [5, 5.41) is 7.80. The van der Waals surface area contributed by atoms with E-state index in [9.17, 15) is 18.0 Å². The van der Waals surface area contributed by atoms with E-state index < -0.39 is 15.9 Å². The number of anilines is 1. The Morgan fingerprint density at radius 1 is 1.10 bits per heavy atom. The number of hydrogen-bond acceptors (Lipinski definition) is 6. The number of aromatic nitrogens is 2. The third kappa shape index (κ3) is 3.97. The zero-order chi connectivity index (χ0) is 22.1. The van der Waals surface area contributed by atoms with Crippen LogP contribution in [0.4, 0.5) is 5.69 Å². The second kappa shape index (κ2) is 8.34. The lowest BCUT2D eigenvalue weighted by atomic mass is 10.1. The number of hydroxylamine groups is 1. The van der Waals surface area contributed by atoms with Gasteiger partial charge in [0, 0.05) is 18.1 Å². The highest BCUT2D eigenvalue weighted by Gasteiger charge is 2.21. The van der Waals surface area contributed by atoms with Crippen LogP contribution in [0.15, 0.2) is 58.2 Å². The molecule has 0 aliphatic heterocycles. The minimum absolute atomic E-state index is 0.0155. The van der Waals surface area contributed by atoms with Gasteiger partial charge in [-0.15, -0.1) is 0 Å². The van der Waals surface area contributed by atoms with Crippen LogP contribution in [0.5, 0.6) is 0 Å². The molecule has 0 spiro atoms. The van der Waals surface area contributed by atoms with Crippen molar-refractivity contribution in [1.29, 1.82) is 0 Å². The predicted octanol–water partition coefficient (Wildman–Crippen LogP) is 2.41. The number of nitrogens with one attached hydrogen (secondary N) is 1. The maximum absolute atomic E-state index is 12.9. The van der Waals surface area contributed by atoms with Gasteiger partial charge in [0.15, 0.2) is 5.69 Å². The second-order valence-corrected chi connectivity index (χ2v) is 8.75. The number of carbonyl (C=O) groups is 1. The van der Waals surface area contributed by atoms with Gasteiger partial charge in [-0.3, -0.25) is 14.4 Å². The second-order valence-electron chi connectivity index (χ2n) is 6.81. The molecule has 0 saturated carbocycles. The van der Waals surface area contributed by atoms with Gasteiger partial charge in [0.25, 0.3) is 21.5 Å². The van der Waals surface area contributed by atoms with E-state index >= 15 is 0 Å². The molecule has 2 aromatic carbocycles. The first-order chi connectivity index (χ1) is 14.2. The molecule has 3 aromatic rings. The summed E-state index contributed by atoms with van der Waals surface area (Å²) < 4.78 is 26.6. The lowest BCUT2D eigenvalue weighted by Crippen LogP contribution is -2.29. The van der Waals surface area contributed by atoms with Crippen molar-refractivity contribution in [1.82, 2.24) is 14.2 Å². The normalized spacial score (nSPS) is 11.9. The fraction of sp³-hybridized carbons (Fsp3) is 0.250. The number of carbonyl (C=O) groups excluding carboxylic acids is 1. The average molecular weight is 430 g/mol. The van der Waals surface area contributed by atoms with Crippen molar-refractivity contribution in [3.8, 4) is 0 Å². The van der Waals surface area contributed by atoms with Crippen molar-refractivity contribution in [2.24, 2.45) is 0 Å². The Morgan fingerprint density at radius 3 is 2.27 bits per heavy atom. The molecule has 1 aromatic heterocycles. The van der Waals surface area contributed by atoms with Gasteiger partial charge in [-0.25, -0.2) is 13.1 Å². The Morgan fingerprint density at radius 2 is 1.70 bits per heavy atom. The van der Waals surface area contributed by atoms with E-state index in [0.717, 1.165) is 4.47 Å². The summed E-state index contributed by atoms with van der Waals surface area (Å²) in [6.07, 6.45) is 0. The quantitative estimate of drug-likeness (QED) is 0.601. The van der Waals surface area contributed by atoms with Crippen LogP contribution in [0.25, 0.3) is 10.8 Å². The third-order valence-corrected chi connectivity index (χ3v) is 6.23. The van der Waals surface area contributed by atoms with Gasteiger partial charge in [-0.1, -0.05) is 22.7 Å². The minimum atomic E-state index is -3.79. The largest absolute Gasteiger partial charge is 0.321 e. The summed E-state index contributed by atoms with van der Waals surface area (Å²) in [7, 11) is -1.25. The molecule has 0 radical (unpaired) electrons. The smallest absolute Gasteiger partial charge is 0.276 e. The average Bonchev–Trinajstić information content (AvgIpc) is 2.73. The molecule has 30 heavy (non-hydrogen) atoms. The highest BCUT2D eigenvalue weighted by molar-refractivity contribution is 7.89. The van der Waals surface area contributed by atoms with Crippen molar-refractivity contribution >= 4 is 32.4 Å². The minimum Gasteiger partial charge on any atom is -0.321 e. The molecular weight excluding hydrogens is 408 g/mol. The molecule has 3 rings (SSSR count). The molecule has 0 saturated heterocycles. The van der Waals surface area contributed by atoms with Crippen molar-refractivity contribution in [3.05, 3.63) is 64.6 Å². The summed E-state index contributed by atoms with van der Waals surface area (Å²) in [4.78, 5) is 30.3. The first-order valence-electron chi connectivity index (χ1n) is 9.13. The Bertz CT molecular complexity index is 1250. The maximum atomic E-state index is 12.9. The van der Waals surface area contributed by atoms with E-state index in [4.69, 9.17) is 4.84 Å². The molecule has 0 aliphatic carbocycles. The van der Waals surface area contributed by atoms with Crippen LogP contribution >= 0.6 is 0 Å². The molecule has 9 nitrogen and oxygen atoms in total. The van der Waals surface area contributed by atoms with Crippen molar-refractivity contribution in [2.75, 3.05) is 19.5 Å². The van der Waals surface area contributed by atoms with E-state index in [1.165, 1.54) is 43.1 Å². The van der Waals surface area contributed by atoms with Gasteiger partial charge < -0.3 is 5.32 Å². The molecule has 10 heteroatoms. The molecule has 158 valence electrons. The number of hydrogen-bond donors (Lipinski definition) is 1. The van der Waals surface area contributed by atoms with Crippen LogP contribution in [0.2, 0.25) is 0 Å². The summed E-state index contributed by atoms with van der Waals surface area (Å²) in [5.41, 5.74) is 0.218. The van der Waals surface area contributed by atoms with E-state index in [1.54, 1.807) is 38.1 Å². The number of nitrogens with zero attached hydrogens (tertiary/aromatic N) is 3. The molecule has 0 aliphatic rings. The molecule has 0 atom stereocenters. The predicted molar refractivity (Wildman–Crippen MR) is 113 cm³/mol. The van der Waals surface area contributed by atoms with E-state index in [1.807, 2.05) is 0 Å².